The average Bonchev–Trinajstić information content (AvgIpc) is 2.45. The van der Waals surface area contributed by atoms with E-state index < -0.39 is 5.97 Å². The minimum atomic E-state index is -0.855. The molecule has 1 unspecified atom stereocenters. The summed E-state index contributed by atoms with van der Waals surface area (Å²) in [6, 6.07) is 9.31. The van der Waals surface area contributed by atoms with Gasteiger partial charge in [0, 0.05) is 18.7 Å². The molecule has 1 aromatic rings. The average molecular weight is 306 g/mol. The molecule has 0 bridgehead atoms. The monoisotopic (exact) mass is 306 g/mol. The predicted octanol–water partition coefficient (Wildman–Crippen LogP) is 2.02. The molecule has 1 atom stereocenters. The van der Waals surface area contributed by atoms with Crippen molar-refractivity contribution in [1.29, 1.82) is 5.26 Å². The molecule has 0 fully saturated rings. The summed E-state index contributed by atoms with van der Waals surface area (Å²) in [7, 11) is 0. The molecule has 0 heterocycles. The zero-order valence-corrected chi connectivity index (χ0v) is 12.7. The summed E-state index contributed by atoms with van der Waals surface area (Å²) < 4.78 is 0. The Hall–Kier alpha value is -2.00. The molecule has 1 amide bonds. The Labute approximate surface area is 128 Å². The van der Waals surface area contributed by atoms with Crippen molar-refractivity contribution >= 4 is 23.6 Å². The number of hydrogen-bond acceptors (Lipinski definition) is 4. The Kier molecular flexibility index (Phi) is 7.33. The molecule has 0 aliphatic rings. The van der Waals surface area contributed by atoms with Gasteiger partial charge in [-0.2, -0.15) is 5.26 Å². The number of nitriles is 1. The smallest absolute Gasteiger partial charge is 0.303 e. The van der Waals surface area contributed by atoms with Crippen molar-refractivity contribution in [2.75, 3.05) is 12.3 Å². The highest BCUT2D eigenvalue weighted by Crippen LogP contribution is 2.12. The van der Waals surface area contributed by atoms with Crippen LogP contribution in [0.4, 0.5) is 0 Å². The SMILES string of the molecule is CC(CNC(=O)CSCc1ccc(C#N)cc1)CC(=O)O. The lowest BCUT2D eigenvalue weighted by Gasteiger charge is -2.10. The summed E-state index contributed by atoms with van der Waals surface area (Å²) in [5, 5.41) is 20.0. The minimum absolute atomic E-state index is 0.0542. The third kappa shape index (κ3) is 7.37. The fourth-order valence-corrected chi connectivity index (χ4v) is 2.46. The summed E-state index contributed by atoms with van der Waals surface area (Å²) >= 11 is 1.48. The first-order valence-corrected chi connectivity index (χ1v) is 7.72. The van der Waals surface area contributed by atoms with Gasteiger partial charge in [-0.1, -0.05) is 19.1 Å². The maximum absolute atomic E-state index is 11.6. The van der Waals surface area contributed by atoms with Crippen molar-refractivity contribution in [2.45, 2.75) is 19.1 Å². The Balaban J connectivity index is 2.21. The van der Waals surface area contributed by atoms with Crippen molar-refractivity contribution in [3.8, 4) is 6.07 Å². The number of nitrogens with one attached hydrogen (secondary N) is 1. The fraction of sp³-hybridized carbons (Fsp3) is 0.400. The van der Waals surface area contributed by atoms with E-state index in [1.807, 2.05) is 12.1 Å². The molecule has 112 valence electrons. The highest BCUT2D eigenvalue weighted by atomic mass is 32.2. The number of carboxylic acid groups (broad SMARTS) is 1. The number of rotatable bonds is 8. The van der Waals surface area contributed by atoms with Crippen molar-refractivity contribution in [1.82, 2.24) is 5.32 Å². The molecule has 6 heteroatoms. The molecule has 0 saturated heterocycles. The first-order chi connectivity index (χ1) is 10.0. The second-order valence-electron chi connectivity index (χ2n) is 4.81. The van der Waals surface area contributed by atoms with Gasteiger partial charge in [-0.3, -0.25) is 9.59 Å². The third-order valence-electron chi connectivity index (χ3n) is 2.76. The number of thioether (sulfide) groups is 1. The van der Waals surface area contributed by atoms with Crippen LogP contribution in [0.5, 0.6) is 0 Å². The van der Waals surface area contributed by atoms with Gasteiger partial charge in [0.15, 0.2) is 0 Å². The Morgan fingerprint density at radius 1 is 1.38 bits per heavy atom. The van der Waals surface area contributed by atoms with E-state index in [2.05, 4.69) is 11.4 Å². The number of aliphatic carboxylic acids is 1. The molecule has 21 heavy (non-hydrogen) atoms. The first-order valence-electron chi connectivity index (χ1n) is 6.56. The first kappa shape index (κ1) is 17.1. The molecule has 0 radical (unpaired) electrons. The van der Waals surface area contributed by atoms with E-state index in [4.69, 9.17) is 10.4 Å². The van der Waals surface area contributed by atoms with Crippen LogP contribution in [0.25, 0.3) is 0 Å². The van der Waals surface area contributed by atoms with E-state index >= 15 is 0 Å². The van der Waals surface area contributed by atoms with Gasteiger partial charge in [0.05, 0.1) is 17.4 Å². The van der Waals surface area contributed by atoms with Gasteiger partial charge in [-0.25, -0.2) is 0 Å². The van der Waals surface area contributed by atoms with Crippen LogP contribution in [-0.4, -0.2) is 29.3 Å². The van der Waals surface area contributed by atoms with E-state index in [1.54, 1.807) is 19.1 Å². The number of carbonyl (C=O) groups excluding carboxylic acids is 1. The molecule has 1 aromatic carbocycles. The molecule has 0 aliphatic carbocycles. The van der Waals surface area contributed by atoms with Crippen LogP contribution in [0.2, 0.25) is 0 Å². The van der Waals surface area contributed by atoms with Crippen molar-refractivity contribution in [2.24, 2.45) is 5.92 Å². The summed E-state index contributed by atoms with van der Waals surface area (Å²) in [5.41, 5.74) is 1.68. The number of carboxylic acids is 1. The highest BCUT2D eigenvalue weighted by Gasteiger charge is 2.09. The minimum Gasteiger partial charge on any atom is -0.481 e. The van der Waals surface area contributed by atoms with Crippen LogP contribution in [0.3, 0.4) is 0 Å². The number of carbonyl (C=O) groups is 2. The van der Waals surface area contributed by atoms with Crippen LogP contribution in [0, 0.1) is 17.2 Å². The van der Waals surface area contributed by atoms with Gasteiger partial charge in [-0.05, 0) is 23.6 Å². The quantitative estimate of drug-likeness (QED) is 0.767. The van der Waals surface area contributed by atoms with Crippen LogP contribution >= 0.6 is 11.8 Å². The van der Waals surface area contributed by atoms with Crippen molar-refractivity contribution < 1.29 is 14.7 Å². The molecule has 0 aromatic heterocycles. The van der Waals surface area contributed by atoms with E-state index in [0.717, 1.165) is 5.56 Å². The molecule has 0 spiro atoms. The van der Waals surface area contributed by atoms with Crippen LogP contribution < -0.4 is 5.32 Å². The second kappa shape index (κ2) is 9.03. The van der Waals surface area contributed by atoms with Crippen molar-refractivity contribution in [3.05, 3.63) is 35.4 Å². The summed E-state index contributed by atoms with van der Waals surface area (Å²) in [6.07, 6.45) is 0.0542. The Morgan fingerprint density at radius 3 is 2.62 bits per heavy atom. The predicted molar refractivity (Wildman–Crippen MR) is 81.7 cm³/mol. The van der Waals surface area contributed by atoms with Gasteiger partial charge in [-0.15, -0.1) is 11.8 Å². The molecule has 0 aliphatic heterocycles. The van der Waals surface area contributed by atoms with Crippen LogP contribution in [0.1, 0.15) is 24.5 Å². The fourth-order valence-electron chi connectivity index (χ4n) is 1.65. The molecular weight excluding hydrogens is 288 g/mol. The molecule has 1 rings (SSSR count). The lowest BCUT2D eigenvalue weighted by atomic mass is 10.1. The number of benzene rings is 1. The van der Waals surface area contributed by atoms with Gasteiger partial charge >= 0.3 is 5.97 Å². The standard InChI is InChI=1S/C15H18N2O3S/c1-11(6-15(19)20)8-17-14(18)10-21-9-13-4-2-12(7-16)3-5-13/h2-5,11H,6,8-10H2,1H3,(H,17,18)(H,19,20). The zero-order chi connectivity index (χ0) is 15.7. The largest absolute Gasteiger partial charge is 0.481 e. The topological polar surface area (TPSA) is 90.2 Å². The third-order valence-corrected chi connectivity index (χ3v) is 3.76. The summed E-state index contributed by atoms with van der Waals surface area (Å²) in [4.78, 5) is 22.1. The molecular formula is C15H18N2O3S. The van der Waals surface area contributed by atoms with E-state index in [9.17, 15) is 9.59 Å². The number of hydrogen-bond donors (Lipinski definition) is 2. The highest BCUT2D eigenvalue weighted by molar-refractivity contribution is 7.99. The second-order valence-corrected chi connectivity index (χ2v) is 5.79. The normalized spacial score (nSPS) is 11.4. The van der Waals surface area contributed by atoms with Gasteiger partial charge in [0.25, 0.3) is 0 Å². The number of amides is 1. The zero-order valence-electron chi connectivity index (χ0n) is 11.8. The number of nitrogens with zero attached hydrogens (tertiary/aromatic N) is 1. The Morgan fingerprint density at radius 2 is 2.05 bits per heavy atom. The van der Waals surface area contributed by atoms with Gasteiger partial charge in [0.2, 0.25) is 5.91 Å². The maximum Gasteiger partial charge on any atom is 0.303 e. The van der Waals surface area contributed by atoms with E-state index in [-0.39, 0.29) is 18.2 Å². The summed E-state index contributed by atoms with van der Waals surface area (Å²) in [5.74, 6) is 0.0108. The van der Waals surface area contributed by atoms with Gasteiger partial charge in [0.1, 0.15) is 0 Å². The van der Waals surface area contributed by atoms with Crippen molar-refractivity contribution in [3.63, 3.8) is 0 Å². The maximum atomic E-state index is 11.6. The van der Waals surface area contributed by atoms with Crippen LogP contribution in [-0.2, 0) is 15.3 Å². The summed E-state index contributed by atoms with van der Waals surface area (Å²) in [6.45, 7) is 2.17. The van der Waals surface area contributed by atoms with Crippen LogP contribution in [0.15, 0.2) is 24.3 Å². The van der Waals surface area contributed by atoms with Gasteiger partial charge < -0.3 is 10.4 Å². The van der Waals surface area contributed by atoms with E-state index in [1.165, 1.54) is 11.8 Å². The molecule has 2 N–H and O–H groups in total. The Bertz CT molecular complexity index is 523. The molecule has 5 nitrogen and oxygen atoms in total. The lowest BCUT2D eigenvalue weighted by Crippen LogP contribution is -2.30. The molecule has 0 saturated carbocycles. The van der Waals surface area contributed by atoms with E-state index in [0.29, 0.717) is 23.6 Å². The lowest BCUT2D eigenvalue weighted by molar-refractivity contribution is -0.138.